The zero-order valence-electron chi connectivity index (χ0n) is 18.8. The Morgan fingerprint density at radius 1 is 0.939 bits per heavy atom. The minimum Gasteiger partial charge on any atom is -0.493 e. The van der Waals surface area contributed by atoms with Gasteiger partial charge < -0.3 is 15.4 Å². The van der Waals surface area contributed by atoms with Crippen LogP contribution in [0.3, 0.4) is 0 Å². The first-order chi connectivity index (χ1) is 16.2. The highest BCUT2D eigenvalue weighted by Gasteiger charge is 2.13. The van der Waals surface area contributed by atoms with E-state index in [1.807, 2.05) is 60.7 Å². The van der Waals surface area contributed by atoms with Crippen molar-refractivity contribution in [2.24, 2.45) is 0 Å². The topological polar surface area (TPSA) is 67.4 Å². The van der Waals surface area contributed by atoms with Crippen LogP contribution in [0.5, 0.6) is 5.75 Å². The van der Waals surface area contributed by atoms with E-state index in [1.165, 1.54) is 5.56 Å². The third kappa shape index (κ3) is 6.45. The number of carbonyl (C=O) groups is 2. The third-order valence-electron chi connectivity index (χ3n) is 5.81. The molecule has 0 radical (unpaired) electrons. The van der Waals surface area contributed by atoms with E-state index in [2.05, 4.69) is 22.8 Å². The first kappa shape index (κ1) is 22.6. The van der Waals surface area contributed by atoms with Crippen molar-refractivity contribution in [3.05, 3.63) is 101 Å². The van der Waals surface area contributed by atoms with Gasteiger partial charge in [-0.2, -0.15) is 0 Å². The second-order valence-electron chi connectivity index (χ2n) is 8.36. The molecule has 33 heavy (non-hydrogen) atoms. The summed E-state index contributed by atoms with van der Waals surface area (Å²) in [6, 6.07) is 23.4. The summed E-state index contributed by atoms with van der Waals surface area (Å²) in [6.45, 7) is 1.86. The summed E-state index contributed by atoms with van der Waals surface area (Å²) in [4.78, 5) is 25.2. The van der Waals surface area contributed by atoms with Gasteiger partial charge in [0, 0.05) is 30.6 Å². The second kappa shape index (κ2) is 11.3. The Hall–Kier alpha value is -3.60. The monoisotopic (exact) mass is 442 g/mol. The van der Waals surface area contributed by atoms with Crippen molar-refractivity contribution in [2.75, 3.05) is 19.7 Å². The number of benzene rings is 3. The second-order valence-corrected chi connectivity index (χ2v) is 8.36. The van der Waals surface area contributed by atoms with Gasteiger partial charge in [-0.15, -0.1) is 0 Å². The first-order valence-corrected chi connectivity index (χ1v) is 11.6. The maximum atomic E-state index is 12.8. The number of hydrogen-bond donors (Lipinski definition) is 2. The van der Waals surface area contributed by atoms with Crippen LogP contribution in [0.25, 0.3) is 0 Å². The number of rotatable bonds is 4. The number of ether oxygens (including phenoxy) is 1. The molecule has 1 aliphatic rings. The van der Waals surface area contributed by atoms with Gasteiger partial charge in [0.25, 0.3) is 11.8 Å². The fourth-order valence-corrected chi connectivity index (χ4v) is 4.00. The van der Waals surface area contributed by atoms with Crippen LogP contribution in [-0.2, 0) is 12.8 Å². The fraction of sp³-hybridized carbons (Fsp3) is 0.286. The molecule has 1 aliphatic heterocycles. The molecule has 1 heterocycles. The van der Waals surface area contributed by atoms with Crippen LogP contribution in [-0.4, -0.2) is 31.5 Å². The van der Waals surface area contributed by atoms with Gasteiger partial charge >= 0.3 is 0 Å². The van der Waals surface area contributed by atoms with E-state index in [-0.39, 0.29) is 11.8 Å². The number of fused-ring (bicyclic) bond motifs is 3. The van der Waals surface area contributed by atoms with E-state index in [4.69, 9.17) is 4.74 Å². The summed E-state index contributed by atoms with van der Waals surface area (Å²) >= 11 is 0. The number of carbonyl (C=O) groups excluding carboxylic acids is 2. The molecule has 2 bridgehead atoms. The predicted molar refractivity (Wildman–Crippen MR) is 130 cm³/mol. The normalized spacial score (nSPS) is 14.2. The highest BCUT2D eigenvalue weighted by atomic mass is 16.5. The lowest BCUT2D eigenvalue weighted by molar-refractivity contribution is 0.0945. The van der Waals surface area contributed by atoms with Crippen molar-refractivity contribution >= 4 is 11.8 Å². The number of amides is 2. The molecule has 0 fully saturated rings. The van der Waals surface area contributed by atoms with Gasteiger partial charge in [0.05, 0.1) is 6.61 Å². The van der Waals surface area contributed by atoms with Crippen LogP contribution in [0.4, 0.5) is 0 Å². The standard InChI is InChI=1S/C28H30N2O3/c31-27-23-11-7-10-22(18-23)19-25-20-24(12-13-26(25)33-17-6-2-5-15-29-27)28(32)30-16-14-21-8-3-1-4-9-21/h1,3-4,7-13,18,20H,2,5-6,14-17,19H2,(H,29,31)(H,30,32). The zero-order valence-corrected chi connectivity index (χ0v) is 18.8. The summed E-state index contributed by atoms with van der Waals surface area (Å²) in [5, 5.41) is 6.00. The molecule has 0 saturated carbocycles. The average molecular weight is 443 g/mol. The van der Waals surface area contributed by atoms with E-state index < -0.39 is 0 Å². The Bertz CT molecular complexity index is 1100. The lowest BCUT2D eigenvalue weighted by Gasteiger charge is -2.15. The van der Waals surface area contributed by atoms with Gasteiger partial charge in [0.15, 0.2) is 0 Å². The quantitative estimate of drug-likeness (QED) is 0.623. The molecule has 4 rings (SSSR count). The highest BCUT2D eigenvalue weighted by molar-refractivity contribution is 5.95. The Morgan fingerprint density at radius 3 is 2.70 bits per heavy atom. The number of hydrogen-bond acceptors (Lipinski definition) is 3. The number of nitrogens with one attached hydrogen (secondary N) is 2. The maximum absolute atomic E-state index is 12.8. The van der Waals surface area contributed by atoms with Crippen LogP contribution in [0.1, 0.15) is 56.7 Å². The lowest BCUT2D eigenvalue weighted by Crippen LogP contribution is -2.26. The molecule has 2 N–H and O–H groups in total. The lowest BCUT2D eigenvalue weighted by atomic mass is 9.99. The van der Waals surface area contributed by atoms with Crippen molar-refractivity contribution in [2.45, 2.75) is 32.1 Å². The molecule has 0 atom stereocenters. The van der Waals surface area contributed by atoms with Crippen molar-refractivity contribution in [3.63, 3.8) is 0 Å². The molecule has 0 aliphatic carbocycles. The first-order valence-electron chi connectivity index (χ1n) is 11.6. The van der Waals surface area contributed by atoms with Crippen LogP contribution in [0.15, 0.2) is 72.8 Å². The van der Waals surface area contributed by atoms with Crippen molar-refractivity contribution in [1.82, 2.24) is 10.6 Å². The molecule has 0 aromatic heterocycles. The summed E-state index contributed by atoms with van der Waals surface area (Å²) in [5.41, 5.74) is 4.41. The molecule has 5 nitrogen and oxygen atoms in total. The fourth-order valence-electron chi connectivity index (χ4n) is 4.00. The Morgan fingerprint density at radius 2 is 1.82 bits per heavy atom. The van der Waals surface area contributed by atoms with E-state index >= 15 is 0 Å². The molecule has 3 aromatic rings. The minimum absolute atomic E-state index is 0.0445. The molecule has 0 spiro atoms. The Kier molecular flexibility index (Phi) is 7.75. The Labute approximate surface area is 195 Å². The van der Waals surface area contributed by atoms with Crippen LogP contribution in [0.2, 0.25) is 0 Å². The minimum atomic E-state index is -0.0961. The summed E-state index contributed by atoms with van der Waals surface area (Å²) in [6.07, 6.45) is 4.20. The van der Waals surface area contributed by atoms with Gasteiger partial charge in [-0.1, -0.05) is 42.5 Å². The van der Waals surface area contributed by atoms with Crippen LogP contribution < -0.4 is 15.4 Å². The summed E-state index contributed by atoms with van der Waals surface area (Å²) in [7, 11) is 0. The van der Waals surface area contributed by atoms with Gasteiger partial charge in [-0.25, -0.2) is 0 Å². The third-order valence-corrected chi connectivity index (χ3v) is 5.81. The van der Waals surface area contributed by atoms with Crippen LogP contribution >= 0.6 is 0 Å². The van der Waals surface area contributed by atoms with E-state index in [1.54, 1.807) is 0 Å². The maximum Gasteiger partial charge on any atom is 0.251 e. The van der Waals surface area contributed by atoms with Crippen molar-refractivity contribution in [3.8, 4) is 5.75 Å². The van der Waals surface area contributed by atoms with Crippen molar-refractivity contribution < 1.29 is 14.3 Å². The molecular weight excluding hydrogens is 412 g/mol. The van der Waals surface area contributed by atoms with E-state index in [9.17, 15) is 9.59 Å². The van der Waals surface area contributed by atoms with Gasteiger partial charge in [0.2, 0.25) is 0 Å². The smallest absolute Gasteiger partial charge is 0.251 e. The molecule has 0 unspecified atom stereocenters. The average Bonchev–Trinajstić information content (AvgIpc) is 2.84. The molecule has 170 valence electrons. The molecular formula is C28H30N2O3. The Balaban J connectivity index is 1.51. The van der Waals surface area contributed by atoms with Crippen LogP contribution in [0, 0.1) is 0 Å². The van der Waals surface area contributed by atoms with Gasteiger partial charge in [0.1, 0.15) is 5.75 Å². The van der Waals surface area contributed by atoms with E-state index in [0.717, 1.165) is 42.6 Å². The largest absolute Gasteiger partial charge is 0.493 e. The highest BCUT2D eigenvalue weighted by Crippen LogP contribution is 2.25. The van der Waals surface area contributed by atoms with Gasteiger partial charge in [-0.05, 0) is 72.7 Å². The molecule has 2 amide bonds. The molecule has 0 saturated heterocycles. The molecule has 5 heteroatoms. The molecule has 3 aromatic carbocycles. The summed E-state index contributed by atoms with van der Waals surface area (Å²) in [5.74, 6) is 0.654. The SMILES string of the molecule is O=C1NCCCCCOc2ccc(C(=O)NCCc3ccccc3)cc2Cc2cccc1c2. The predicted octanol–water partition coefficient (Wildman–Crippen LogP) is 4.54. The summed E-state index contributed by atoms with van der Waals surface area (Å²) < 4.78 is 6.08. The van der Waals surface area contributed by atoms with E-state index in [0.29, 0.717) is 37.2 Å². The van der Waals surface area contributed by atoms with Gasteiger partial charge in [-0.3, -0.25) is 9.59 Å². The zero-order chi connectivity index (χ0) is 22.9. The van der Waals surface area contributed by atoms with Crippen molar-refractivity contribution in [1.29, 1.82) is 0 Å².